The summed E-state index contributed by atoms with van der Waals surface area (Å²) in [5.74, 6) is -0.177. The summed E-state index contributed by atoms with van der Waals surface area (Å²) in [7, 11) is -3.07. The zero-order valence-corrected chi connectivity index (χ0v) is 15.5. The summed E-state index contributed by atoms with van der Waals surface area (Å²) < 4.78 is 31.6. The molecule has 2 aliphatic rings. The molecule has 2 saturated heterocycles. The van der Waals surface area contributed by atoms with Crippen molar-refractivity contribution in [1.82, 2.24) is 24.6 Å². The molecule has 0 spiro atoms. The Morgan fingerprint density at radius 3 is 2.93 bits per heavy atom. The lowest BCUT2D eigenvalue weighted by Crippen LogP contribution is -2.36. The monoisotopic (exact) mass is 395 g/mol. The van der Waals surface area contributed by atoms with E-state index in [9.17, 15) is 18.0 Å². The third kappa shape index (κ3) is 3.74. The van der Waals surface area contributed by atoms with Gasteiger partial charge in [-0.15, -0.1) is 0 Å². The maximum atomic E-state index is 12.6. The average Bonchev–Trinajstić information content (AvgIpc) is 3.35. The number of hydrogen-bond acceptors (Lipinski definition) is 7. The summed E-state index contributed by atoms with van der Waals surface area (Å²) in [6, 6.07) is -0.315. The molecule has 2 aromatic rings. The Bertz CT molecular complexity index is 1020. The summed E-state index contributed by atoms with van der Waals surface area (Å²) >= 11 is 0. The summed E-state index contributed by atoms with van der Waals surface area (Å²) in [6.07, 6.45) is 5.09. The van der Waals surface area contributed by atoms with Crippen LogP contribution in [0, 0.1) is 0 Å². The van der Waals surface area contributed by atoms with Crippen LogP contribution in [0.25, 0.3) is 11.0 Å². The van der Waals surface area contributed by atoms with E-state index in [0.29, 0.717) is 25.2 Å². The highest BCUT2D eigenvalue weighted by Crippen LogP contribution is 2.25. The van der Waals surface area contributed by atoms with E-state index in [1.807, 2.05) is 0 Å². The fraction of sp³-hybridized carbons (Fsp3) is 0.625. The van der Waals surface area contributed by atoms with E-state index in [1.54, 1.807) is 0 Å². The predicted molar refractivity (Wildman–Crippen MR) is 96.1 cm³/mol. The van der Waals surface area contributed by atoms with Gasteiger partial charge in [0.05, 0.1) is 29.8 Å². The van der Waals surface area contributed by atoms with Crippen molar-refractivity contribution in [2.45, 2.75) is 38.0 Å². The standard InChI is InChI=1S/C16H21N5O5S/c22-14(17-6-12-2-1-4-26-12)8-20-10-18-15-13(16(20)23)7-19-21(15)11-3-5-27(24,25)9-11/h7,10-12H,1-6,8-9H2,(H,17,22)/t11-,12-/m1/s1. The van der Waals surface area contributed by atoms with Crippen LogP contribution in [-0.2, 0) is 25.9 Å². The first-order chi connectivity index (χ1) is 12.9. The largest absolute Gasteiger partial charge is 0.376 e. The van der Waals surface area contributed by atoms with E-state index >= 15 is 0 Å². The molecule has 2 aliphatic heterocycles. The molecule has 4 heterocycles. The zero-order chi connectivity index (χ0) is 19.0. The molecule has 0 aliphatic carbocycles. The fourth-order valence-electron chi connectivity index (χ4n) is 3.56. The van der Waals surface area contributed by atoms with Crippen LogP contribution in [0.1, 0.15) is 25.3 Å². The molecule has 0 saturated carbocycles. The SMILES string of the molecule is O=C(Cn1cnc2c(cnn2[C@@H]2CCS(=O)(=O)C2)c1=O)NC[C@H]1CCCO1. The second-order valence-corrected chi connectivity index (χ2v) is 9.23. The molecule has 1 amide bonds. The van der Waals surface area contributed by atoms with Crippen LogP contribution in [0.3, 0.4) is 0 Å². The summed E-state index contributed by atoms with van der Waals surface area (Å²) in [5, 5.41) is 7.21. The van der Waals surface area contributed by atoms with Crippen molar-refractivity contribution >= 4 is 26.8 Å². The number of hydrogen-bond donors (Lipinski definition) is 1. The molecule has 0 aromatic carbocycles. The third-order valence-corrected chi connectivity index (χ3v) is 6.75. The minimum absolute atomic E-state index is 0.000187. The van der Waals surface area contributed by atoms with Crippen LogP contribution in [0.5, 0.6) is 0 Å². The Morgan fingerprint density at radius 2 is 2.22 bits per heavy atom. The molecule has 2 aromatic heterocycles. The third-order valence-electron chi connectivity index (χ3n) is 5.00. The first-order valence-corrected chi connectivity index (χ1v) is 10.8. The van der Waals surface area contributed by atoms with E-state index in [4.69, 9.17) is 4.74 Å². The normalized spacial score (nSPS) is 24.4. The van der Waals surface area contributed by atoms with Gasteiger partial charge in [0.2, 0.25) is 5.91 Å². The second-order valence-electron chi connectivity index (χ2n) is 7.00. The number of rotatable bonds is 5. The molecular formula is C16H21N5O5S. The zero-order valence-electron chi connectivity index (χ0n) is 14.7. The van der Waals surface area contributed by atoms with Gasteiger partial charge in [-0.05, 0) is 19.3 Å². The summed E-state index contributed by atoms with van der Waals surface area (Å²) in [4.78, 5) is 29.0. The van der Waals surface area contributed by atoms with Crippen molar-refractivity contribution in [3.8, 4) is 0 Å². The van der Waals surface area contributed by atoms with Crippen LogP contribution in [0.4, 0.5) is 0 Å². The predicted octanol–water partition coefficient (Wildman–Crippen LogP) is -0.752. The number of ether oxygens (including phenoxy) is 1. The number of fused-ring (bicyclic) bond motifs is 1. The lowest BCUT2D eigenvalue weighted by atomic mass is 10.2. The number of carbonyl (C=O) groups is 1. The molecule has 2 fully saturated rings. The number of nitrogens with one attached hydrogen (secondary N) is 1. The first kappa shape index (κ1) is 18.1. The van der Waals surface area contributed by atoms with Gasteiger partial charge in [-0.25, -0.2) is 18.1 Å². The van der Waals surface area contributed by atoms with E-state index in [-0.39, 0.29) is 47.0 Å². The smallest absolute Gasteiger partial charge is 0.264 e. The van der Waals surface area contributed by atoms with Crippen LogP contribution in [0.2, 0.25) is 0 Å². The number of amides is 1. The van der Waals surface area contributed by atoms with Crippen molar-refractivity contribution in [1.29, 1.82) is 0 Å². The topological polar surface area (TPSA) is 125 Å². The maximum absolute atomic E-state index is 12.6. The molecule has 146 valence electrons. The van der Waals surface area contributed by atoms with Gasteiger partial charge in [-0.3, -0.25) is 14.2 Å². The van der Waals surface area contributed by atoms with Crippen molar-refractivity contribution < 1.29 is 17.9 Å². The molecule has 1 N–H and O–H groups in total. The quantitative estimate of drug-likeness (QED) is 0.706. The van der Waals surface area contributed by atoms with E-state index in [2.05, 4.69) is 15.4 Å². The Morgan fingerprint density at radius 1 is 1.37 bits per heavy atom. The molecule has 4 rings (SSSR count). The number of aromatic nitrogens is 4. The van der Waals surface area contributed by atoms with Gasteiger partial charge in [0.15, 0.2) is 15.5 Å². The Hall–Kier alpha value is -2.27. The molecule has 0 unspecified atom stereocenters. The van der Waals surface area contributed by atoms with Gasteiger partial charge >= 0.3 is 0 Å². The average molecular weight is 395 g/mol. The molecule has 27 heavy (non-hydrogen) atoms. The fourth-order valence-corrected chi connectivity index (χ4v) is 5.25. The Labute approximate surface area is 155 Å². The minimum atomic E-state index is -3.07. The van der Waals surface area contributed by atoms with Crippen molar-refractivity contribution in [3.05, 3.63) is 22.9 Å². The van der Waals surface area contributed by atoms with Gasteiger partial charge in [0.1, 0.15) is 18.3 Å². The Balaban J connectivity index is 1.49. The highest BCUT2D eigenvalue weighted by Gasteiger charge is 2.31. The first-order valence-electron chi connectivity index (χ1n) is 8.94. The van der Waals surface area contributed by atoms with Gasteiger partial charge in [0, 0.05) is 13.2 Å². The van der Waals surface area contributed by atoms with Gasteiger partial charge < -0.3 is 10.1 Å². The van der Waals surface area contributed by atoms with Gasteiger partial charge in [-0.2, -0.15) is 5.10 Å². The van der Waals surface area contributed by atoms with Crippen LogP contribution >= 0.6 is 0 Å². The molecule has 10 nitrogen and oxygen atoms in total. The minimum Gasteiger partial charge on any atom is -0.376 e. The number of carbonyl (C=O) groups excluding carboxylic acids is 1. The second kappa shape index (κ2) is 7.04. The highest BCUT2D eigenvalue weighted by molar-refractivity contribution is 7.91. The highest BCUT2D eigenvalue weighted by atomic mass is 32.2. The van der Waals surface area contributed by atoms with Crippen molar-refractivity contribution in [3.63, 3.8) is 0 Å². The molecule has 11 heteroatoms. The lowest BCUT2D eigenvalue weighted by Gasteiger charge is -2.12. The van der Waals surface area contributed by atoms with Crippen LogP contribution < -0.4 is 10.9 Å². The maximum Gasteiger partial charge on any atom is 0.264 e. The van der Waals surface area contributed by atoms with Gasteiger partial charge in [-0.1, -0.05) is 0 Å². The van der Waals surface area contributed by atoms with Crippen LogP contribution in [-0.4, -0.2) is 64.4 Å². The number of nitrogens with zero attached hydrogens (tertiary/aromatic N) is 4. The van der Waals surface area contributed by atoms with E-state index in [0.717, 1.165) is 12.8 Å². The summed E-state index contributed by atoms with van der Waals surface area (Å²) in [5.41, 5.74) is -0.0301. The summed E-state index contributed by atoms with van der Waals surface area (Å²) in [6.45, 7) is 1.00. The molecule has 2 atom stereocenters. The van der Waals surface area contributed by atoms with Crippen molar-refractivity contribution in [2.24, 2.45) is 0 Å². The van der Waals surface area contributed by atoms with Crippen LogP contribution in [0.15, 0.2) is 17.3 Å². The van der Waals surface area contributed by atoms with E-state index in [1.165, 1.54) is 21.8 Å². The lowest BCUT2D eigenvalue weighted by molar-refractivity contribution is -0.122. The molecule has 0 radical (unpaired) electrons. The van der Waals surface area contributed by atoms with E-state index < -0.39 is 9.84 Å². The van der Waals surface area contributed by atoms with Crippen molar-refractivity contribution in [2.75, 3.05) is 24.7 Å². The number of sulfone groups is 1. The molecular weight excluding hydrogens is 374 g/mol. The van der Waals surface area contributed by atoms with Gasteiger partial charge in [0.25, 0.3) is 5.56 Å². The molecule has 0 bridgehead atoms. The Kier molecular flexibility index (Phi) is 4.72.